The third-order valence-electron chi connectivity index (χ3n) is 1.16. The molecule has 4 heteroatoms. The molecule has 0 fully saturated rings. The van der Waals surface area contributed by atoms with Crippen LogP contribution in [0.25, 0.3) is 0 Å². The molecule has 1 unspecified atom stereocenters. The summed E-state index contributed by atoms with van der Waals surface area (Å²) in [7, 11) is 0. The second-order valence-electron chi connectivity index (χ2n) is 2.64. The second kappa shape index (κ2) is 7.55. The van der Waals surface area contributed by atoms with Crippen LogP contribution in [0.15, 0.2) is 0 Å². The second-order valence-corrected chi connectivity index (χ2v) is 4.20. The number of carbonyl (C=O) groups is 1. The number of nitrogens with one attached hydrogen (secondary N) is 1. The lowest BCUT2D eigenvalue weighted by atomic mass is 10.4. The van der Waals surface area contributed by atoms with Crippen molar-refractivity contribution in [2.45, 2.75) is 25.1 Å². The van der Waals surface area contributed by atoms with Crippen LogP contribution < -0.4 is 5.32 Å². The Morgan fingerprint density at radius 2 is 2.33 bits per heavy atom. The maximum atomic E-state index is 11.0. The van der Waals surface area contributed by atoms with Gasteiger partial charge in [0, 0.05) is 18.0 Å². The molecule has 0 bridgehead atoms. The van der Waals surface area contributed by atoms with E-state index in [0.29, 0.717) is 18.0 Å². The summed E-state index contributed by atoms with van der Waals surface area (Å²) in [6, 6.07) is 0. The molecule has 0 aliphatic rings. The largest absolute Gasteiger partial charge is 0.372 e. The van der Waals surface area contributed by atoms with E-state index in [-0.39, 0.29) is 12.5 Å². The van der Waals surface area contributed by atoms with E-state index in [1.54, 1.807) is 0 Å². The van der Waals surface area contributed by atoms with Crippen molar-refractivity contribution in [2.75, 3.05) is 19.8 Å². The van der Waals surface area contributed by atoms with Gasteiger partial charge in [-0.3, -0.25) is 4.79 Å². The lowest BCUT2D eigenvalue weighted by molar-refractivity contribution is -0.125. The van der Waals surface area contributed by atoms with Gasteiger partial charge in [0.25, 0.3) is 0 Å². The topological polar surface area (TPSA) is 38.3 Å². The van der Waals surface area contributed by atoms with Crippen LogP contribution in [0, 0.1) is 0 Å². The minimum atomic E-state index is -0.0465. The van der Waals surface area contributed by atoms with E-state index in [9.17, 15) is 4.79 Å². The van der Waals surface area contributed by atoms with Crippen molar-refractivity contribution < 1.29 is 9.53 Å². The van der Waals surface area contributed by atoms with E-state index in [4.69, 9.17) is 4.74 Å². The average molecular weight is 238 g/mol. The zero-order chi connectivity index (χ0) is 9.40. The fourth-order valence-corrected chi connectivity index (χ4v) is 0.777. The first-order valence-corrected chi connectivity index (χ1v) is 5.07. The Kier molecular flexibility index (Phi) is 7.50. The molecule has 0 rings (SSSR count). The van der Waals surface area contributed by atoms with Gasteiger partial charge >= 0.3 is 0 Å². The third-order valence-corrected chi connectivity index (χ3v) is 1.49. The van der Waals surface area contributed by atoms with Gasteiger partial charge in [-0.05, 0) is 6.42 Å². The van der Waals surface area contributed by atoms with E-state index in [1.807, 2.05) is 13.8 Å². The molecule has 0 heterocycles. The van der Waals surface area contributed by atoms with Crippen LogP contribution in [0.2, 0.25) is 0 Å². The van der Waals surface area contributed by atoms with Gasteiger partial charge in [0.1, 0.15) is 6.61 Å². The highest BCUT2D eigenvalue weighted by atomic mass is 79.9. The lowest BCUT2D eigenvalue weighted by Gasteiger charge is -2.06. The number of hydrogen-bond donors (Lipinski definition) is 1. The summed E-state index contributed by atoms with van der Waals surface area (Å²) in [6.45, 7) is 5.46. The molecule has 0 saturated carbocycles. The number of alkyl halides is 1. The molecule has 1 N–H and O–H groups in total. The summed E-state index contributed by atoms with van der Waals surface area (Å²) < 4.78 is 5.05. The Labute approximate surface area is 82.0 Å². The number of amides is 1. The molecular formula is C8H16BrNO2. The minimum Gasteiger partial charge on any atom is -0.372 e. The van der Waals surface area contributed by atoms with Crippen molar-refractivity contribution in [3.8, 4) is 0 Å². The van der Waals surface area contributed by atoms with Crippen LogP contribution in [-0.4, -0.2) is 30.5 Å². The molecule has 1 amide bonds. The van der Waals surface area contributed by atoms with Gasteiger partial charge in [0.05, 0.1) is 0 Å². The van der Waals surface area contributed by atoms with Gasteiger partial charge in [0.15, 0.2) is 0 Å². The Hall–Kier alpha value is -0.0900. The van der Waals surface area contributed by atoms with Gasteiger partial charge in [-0.2, -0.15) is 0 Å². The van der Waals surface area contributed by atoms with Crippen molar-refractivity contribution in [2.24, 2.45) is 0 Å². The van der Waals surface area contributed by atoms with Crippen LogP contribution >= 0.6 is 15.9 Å². The van der Waals surface area contributed by atoms with E-state index >= 15 is 0 Å². The van der Waals surface area contributed by atoms with Gasteiger partial charge in [-0.1, -0.05) is 29.8 Å². The van der Waals surface area contributed by atoms with Crippen molar-refractivity contribution in [3.63, 3.8) is 0 Å². The summed E-state index contributed by atoms with van der Waals surface area (Å²) in [5.41, 5.74) is 0. The Bertz CT molecular complexity index is 128. The predicted molar refractivity (Wildman–Crippen MR) is 52.5 cm³/mol. The van der Waals surface area contributed by atoms with Crippen molar-refractivity contribution in [3.05, 3.63) is 0 Å². The van der Waals surface area contributed by atoms with E-state index in [1.165, 1.54) is 0 Å². The molecule has 0 saturated heterocycles. The Balaban J connectivity index is 3.22. The Morgan fingerprint density at radius 3 is 2.83 bits per heavy atom. The number of halogens is 1. The minimum absolute atomic E-state index is 0.0465. The summed E-state index contributed by atoms with van der Waals surface area (Å²) in [4.78, 5) is 11.3. The number of hydrogen-bond acceptors (Lipinski definition) is 2. The maximum Gasteiger partial charge on any atom is 0.246 e. The molecule has 72 valence electrons. The molecule has 1 atom stereocenters. The molecular weight excluding hydrogens is 222 g/mol. The quantitative estimate of drug-likeness (QED) is 0.559. The summed E-state index contributed by atoms with van der Waals surface area (Å²) in [5.74, 6) is -0.0465. The van der Waals surface area contributed by atoms with E-state index < -0.39 is 0 Å². The highest BCUT2D eigenvalue weighted by Gasteiger charge is 2.01. The number of ether oxygens (including phenoxy) is 1. The first kappa shape index (κ1) is 11.9. The van der Waals surface area contributed by atoms with Gasteiger partial charge < -0.3 is 10.1 Å². The summed E-state index contributed by atoms with van der Waals surface area (Å²) in [5, 5.41) is 2.73. The van der Waals surface area contributed by atoms with Crippen LogP contribution in [0.5, 0.6) is 0 Å². The summed E-state index contributed by atoms with van der Waals surface area (Å²) >= 11 is 3.33. The molecule has 0 aromatic heterocycles. The average Bonchev–Trinajstić information content (AvgIpc) is 2.01. The van der Waals surface area contributed by atoms with Crippen molar-refractivity contribution in [1.82, 2.24) is 5.32 Å². The monoisotopic (exact) mass is 237 g/mol. The molecule has 0 aromatic rings. The van der Waals surface area contributed by atoms with Gasteiger partial charge in [-0.15, -0.1) is 0 Å². The zero-order valence-electron chi connectivity index (χ0n) is 7.60. The van der Waals surface area contributed by atoms with Crippen LogP contribution in [0.3, 0.4) is 0 Å². The molecule has 0 aliphatic carbocycles. The predicted octanol–water partition coefficient (Wildman–Crippen LogP) is 1.31. The Morgan fingerprint density at radius 1 is 1.67 bits per heavy atom. The van der Waals surface area contributed by atoms with Gasteiger partial charge in [-0.25, -0.2) is 0 Å². The zero-order valence-corrected chi connectivity index (χ0v) is 9.19. The van der Waals surface area contributed by atoms with Crippen molar-refractivity contribution in [1.29, 1.82) is 0 Å². The van der Waals surface area contributed by atoms with Gasteiger partial charge in [0.2, 0.25) is 5.91 Å². The normalized spacial score (nSPS) is 12.6. The molecule has 3 nitrogen and oxygen atoms in total. The highest BCUT2D eigenvalue weighted by molar-refractivity contribution is 9.09. The third kappa shape index (κ3) is 8.01. The highest BCUT2D eigenvalue weighted by Crippen LogP contribution is 1.93. The van der Waals surface area contributed by atoms with E-state index in [2.05, 4.69) is 21.2 Å². The van der Waals surface area contributed by atoms with Crippen LogP contribution in [0.4, 0.5) is 0 Å². The van der Waals surface area contributed by atoms with Crippen LogP contribution in [-0.2, 0) is 9.53 Å². The molecule has 12 heavy (non-hydrogen) atoms. The SMILES string of the molecule is CCCOCC(=O)NCC(C)Br. The first-order chi connectivity index (χ1) is 5.66. The molecule has 0 aliphatic heterocycles. The standard InChI is InChI=1S/C8H16BrNO2/c1-3-4-12-6-8(11)10-5-7(2)9/h7H,3-6H2,1-2H3,(H,10,11). The number of rotatable bonds is 6. The first-order valence-electron chi connectivity index (χ1n) is 4.15. The molecule has 0 radical (unpaired) electrons. The fourth-order valence-electron chi connectivity index (χ4n) is 0.615. The van der Waals surface area contributed by atoms with E-state index in [0.717, 1.165) is 6.42 Å². The molecule has 0 aromatic carbocycles. The summed E-state index contributed by atoms with van der Waals surface area (Å²) in [6.07, 6.45) is 0.947. The smallest absolute Gasteiger partial charge is 0.246 e. The fraction of sp³-hybridized carbons (Fsp3) is 0.875. The van der Waals surface area contributed by atoms with Crippen molar-refractivity contribution >= 4 is 21.8 Å². The number of carbonyl (C=O) groups excluding carboxylic acids is 1. The maximum absolute atomic E-state index is 11.0. The molecule has 0 spiro atoms. The lowest BCUT2D eigenvalue weighted by Crippen LogP contribution is -2.31. The van der Waals surface area contributed by atoms with Crippen LogP contribution in [0.1, 0.15) is 20.3 Å².